The normalized spacial score (nSPS) is 15.4. The third-order valence-corrected chi connectivity index (χ3v) is 5.26. The summed E-state index contributed by atoms with van der Waals surface area (Å²) in [7, 11) is 0. The standard InChI is InChI=1S/C20H17NO4S2/c22-18(23)13-25-16-8-6-15(7-9-16)12-17-19(24)21(20(26)27-17)11-10-14-4-2-1-3-5-14/h1-9,12H,10-11,13H2,(H,22,23)/b17-12-. The number of hydrogen-bond donors (Lipinski definition) is 1. The Bertz CT molecular complexity index is 879. The average molecular weight is 399 g/mol. The van der Waals surface area contributed by atoms with E-state index in [9.17, 15) is 9.59 Å². The van der Waals surface area contributed by atoms with Crippen LogP contribution in [0.15, 0.2) is 59.5 Å². The number of benzene rings is 2. The number of aliphatic carboxylic acids is 1. The van der Waals surface area contributed by atoms with Gasteiger partial charge in [-0.2, -0.15) is 0 Å². The van der Waals surface area contributed by atoms with E-state index in [0.29, 0.717) is 21.5 Å². The fraction of sp³-hybridized carbons (Fsp3) is 0.150. The van der Waals surface area contributed by atoms with Gasteiger partial charge < -0.3 is 9.84 Å². The molecule has 0 spiro atoms. The summed E-state index contributed by atoms with van der Waals surface area (Å²) in [5.41, 5.74) is 1.98. The maximum absolute atomic E-state index is 12.6. The molecule has 0 unspecified atom stereocenters. The van der Waals surface area contributed by atoms with E-state index in [0.717, 1.165) is 17.5 Å². The van der Waals surface area contributed by atoms with Crippen molar-refractivity contribution in [3.63, 3.8) is 0 Å². The van der Waals surface area contributed by atoms with Crippen LogP contribution in [0.25, 0.3) is 6.08 Å². The highest BCUT2D eigenvalue weighted by Crippen LogP contribution is 2.32. The molecular weight excluding hydrogens is 382 g/mol. The molecule has 2 aromatic carbocycles. The van der Waals surface area contributed by atoms with Crippen LogP contribution in [0.5, 0.6) is 5.75 Å². The van der Waals surface area contributed by atoms with Crippen molar-refractivity contribution in [3.05, 3.63) is 70.6 Å². The second-order valence-corrected chi connectivity index (χ2v) is 7.50. The van der Waals surface area contributed by atoms with Gasteiger partial charge >= 0.3 is 5.97 Å². The number of thiocarbonyl (C=S) groups is 1. The smallest absolute Gasteiger partial charge is 0.341 e. The highest BCUT2D eigenvalue weighted by Gasteiger charge is 2.31. The monoisotopic (exact) mass is 399 g/mol. The summed E-state index contributed by atoms with van der Waals surface area (Å²) in [5.74, 6) is -0.657. The number of carbonyl (C=O) groups excluding carboxylic acids is 1. The van der Waals surface area contributed by atoms with Gasteiger partial charge in [-0.3, -0.25) is 9.69 Å². The van der Waals surface area contributed by atoms with Gasteiger partial charge in [-0.15, -0.1) is 0 Å². The molecule has 2 aromatic rings. The Morgan fingerprint density at radius 3 is 2.52 bits per heavy atom. The van der Waals surface area contributed by atoms with Gasteiger partial charge in [0.25, 0.3) is 5.91 Å². The molecule has 0 saturated carbocycles. The lowest BCUT2D eigenvalue weighted by molar-refractivity contribution is -0.139. The molecule has 7 heteroatoms. The van der Waals surface area contributed by atoms with Gasteiger partial charge in [-0.25, -0.2) is 4.79 Å². The first-order valence-electron chi connectivity index (χ1n) is 8.27. The molecular formula is C20H17NO4S2. The molecule has 0 bridgehead atoms. The van der Waals surface area contributed by atoms with E-state index in [1.54, 1.807) is 35.2 Å². The van der Waals surface area contributed by atoms with Gasteiger partial charge in [0, 0.05) is 6.54 Å². The lowest BCUT2D eigenvalue weighted by Gasteiger charge is -2.14. The van der Waals surface area contributed by atoms with Crippen molar-refractivity contribution in [2.24, 2.45) is 0 Å². The number of carbonyl (C=O) groups is 2. The Kier molecular flexibility index (Phi) is 6.26. The van der Waals surface area contributed by atoms with E-state index in [-0.39, 0.29) is 12.5 Å². The minimum Gasteiger partial charge on any atom is -0.482 e. The van der Waals surface area contributed by atoms with Crippen LogP contribution in [0, 0.1) is 0 Å². The zero-order valence-electron chi connectivity index (χ0n) is 14.3. The first-order valence-corrected chi connectivity index (χ1v) is 9.49. The predicted octanol–water partition coefficient (Wildman–Crippen LogP) is 3.59. The zero-order valence-corrected chi connectivity index (χ0v) is 16.0. The number of rotatable bonds is 7. The number of hydrogen-bond acceptors (Lipinski definition) is 5. The van der Waals surface area contributed by atoms with E-state index in [1.807, 2.05) is 30.3 Å². The molecule has 0 atom stereocenters. The molecule has 1 N–H and O–H groups in total. The van der Waals surface area contributed by atoms with Crippen LogP contribution in [-0.2, 0) is 16.0 Å². The minimum absolute atomic E-state index is 0.0906. The number of carboxylic acids is 1. The van der Waals surface area contributed by atoms with Gasteiger partial charge in [-0.1, -0.05) is 66.4 Å². The van der Waals surface area contributed by atoms with Crippen LogP contribution < -0.4 is 4.74 Å². The first-order chi connectivity index (χ1) is 13.0. The number of thioether (sulfide) groups is 1. The molecule has 1 aliphatic rings. The van der Waals surface area contributed by atoms with E-state index >= 15 is 0 Å². The van der Waals surface area contributed by atoms with Crippen molar-refractivity contribution in [1.29, 1.82) is 0 Å². The number of nitrogens with zero attached hydrogens (tertiary/aromatic N) is 1. The Balaban J connectivity index is 1.64. The summed E-state index contributed by atoms with van der Waals surface area (Å²) in [6.07, 6.45) is 2.53. The Morgan fingerprint density at radius 2 is 1.85 bits per heavy atom. The zero-order chi connectivity index (χ0) is 19.2. The van der Waals surface area contributed by atoms with Crippen LogP contribution in [0.1, 0.15) is 11.1 Å². The third kappa shape index (κ3) is 5.18. The first kappa shape index (κ1) is 19.1. The van der Waals surface area contributed by atoms with Crippen molar-refractivity contribution in [2.45, 2.75) is 6.42 Å². The van der Waals surface area contributed by atoms with E-state index < -0.39 is 5.97 Å². The molecule has 1 aliphatic heterocycles. The van der Waals surface area contributed by atoms with Crippen LogP contribution in [0.3, 0.4) is 0 Å². The maximum Gasteiger partial charge on any atom is 0.341 e. The van der Waals surface area contributed by atoms with Crippen LogP contribution in [0.4, 0.5) is 0 Å². The molecule has 0 radical (unpaired) electrons. The molecule has 1 saturated heterocycles. The fourth-order valence-corrected chi connectivity index (χ4v) is 3.84. The summed E-state index contributed by atoms with van der Waals surface area (Å²) < 4.78 is 5.66. The lowest BCUT2D eigenvalue weighted by atomic mass is 10.1. The van der Waals surface area contributed by atoms with E-state index in [2.05, 4.69) is 0 Å². The molecule has 1 heterocycles. The molecule has 5 nitrogen and oxygen atoms in total. The summed E-state index contributed by atoms with van der Waals surface area (Å²) in [5, 5.41) is 8.62. The van der Waals surface area contributed by atoms with Crippen molar-refractivity contribution in [3.8, 4) is 5.75 Å². The van der Waals surface area contributed by atoms with Crippen LogP contribution in [0.2, 0.25) is 0 Å². The Hall–Kier alpha value is -2.64. The molecule has 27 heavy (non-hydrogen) atoms. The third-order valence-electron chi connectivity index (χ3n) is 3.88. The molecule has 3 rings (SSSR count). The fourth-order valence-electron chi connectivity index (χ4n) is 2.54. The predicted molar refractivity (Wildman–Crippen MR) is 110 cm³/mol. The average Bonchev–Trinajstić information content (AvgIpc) is 2.93. The number of carboxylic acid groups (broad SMARTS) is 1. The molecule has 138 valence electrons. The van der Waals surface area contributed by atoms with Crippen molar-refractivity contribution in [1.82, 2.24) is 4.90 Å². The Labute approximate surface area is 166 Å². The second-order valence-electron chi connectivity index (χ2n) is 5.82. The van der Waals surface area contributed by atoms with Crippen LogP contribution in [-0.4, -0.2) is 39.4 Å². The highest BCUT2D eigenvalue weighted by molar-refractivity contribution is 8.26. The largest absolute Gasteiger partial charge is 0.482 e. The highest BCUT2D eigenvalue weighted by atomic mass is 32.2. The van der Waals surface area contributed by atoms with E-state index in [1.165, 1.54) is 11.8 Å². The molecule has 0 aliphatic carbocycles. The van der Waals surface area contributed by atoms with Crippen molar-refractivity contribution >= 4 is 46.3 Å². The van der Waals surface area contributed by atoms with Crippen molar-refractivity contribution < 1.29 is 19.4 Å². The van der Waals surface area contributed by atoms with Crippen molar-refractivity contribution in [2.75, 3.05) is 13.2 Å². The SMILES string of the molecule is O=C(O)COc1ccc(/C=C2\SC(=S)N(CCc3ccccc3)C2=O)cc1. The second kappa shape index (κ2) is 8.83. The van der Waals surface area contributed by atoms with Gasteiger partial charge in [-0.05, 0) is 35.8 Å². The quantitative estimate of drug-likeness (QED) is 0.567. The van der Waals surface area contributed by atoms with E-state index in [4.69, 9.17) is 22.1 Å². The summed E-state index contributed by atoms with van der Waals surface area (Å²) >= 11 is 6.65. The number of ether oxygens (including phenoxy) is 1. The minimum atomic E-state index is -1.03. The molecule has 0 aromatic heterocycles. The molecule has 1 fully saturated rings. The topological polar surface area (TPSA) is 66.8 Å². The summed E-state index contributed by atoms with van der Waals surface area (Å²) in [4.78, 5) is 25.4. The summed E-state index contributed by atoms with van der Waals surface area (Å²) in [6, 6.07) is 16.9. The van der Waals surface area contributed by atoms with Gasteiger partial charge in [0.05, 0.1) is 4.91 Å². The number of amides is 1. The lowest BCUT2D eigenvalue weighted by Crippen LogP contribution is -2.30. The van der Waals surface area contributed by atoms with Gasteiger partial charge in [0.15, 0.2) is 6.61 Å². The van der Waals surface area contributed by atoms with Crippen LogP contribution >= 0.6 is 24.0 Å². The van der Waals surface area contributed by atoms with Gasteiger partial charge in [0.2, 0.25) is 0 Å². The Morgan fingerprint density at radius 1 is 1.15 bits per heavy atom. The van der Waals surface area contributed by atoms with Gasteiger partial charge in [0.1, 0.15) is 10.1 Å². The maximum atomic E-state index is 12.6. The summed E-state index contributed by atoms with van der Waals surface area (Å²) in [6.45, 7) is 0.160. The molecule has 1 amide bonds.